The number of fused-ring (bicyclic) bond motifs is 3. The zero-order valence-corrected chi connectivity index (χ0v) is 17.4. The Bertz CT molecular complexity index is 1030. The summed E-state index contributed by atoms with van der Waals surface area (Å²) in [6.45, 7) is 6.06. The highest BCUT2D eigenvalue weighted by Gasteiger charge is 2.33. The van der Waals surface area contributed by atoms with E-state index in [4.69, 9.17) is 5.10 Å². The average Bonchev–Trinajstić information content (AvgIpc) is 3.13. The zero-order valence-electron chi connectivity index (χ0n) is 17.4. The van der Waals surface area contributed by atoms with Crippen LogP contribution in [-0.2, 0) is 0 Å². The van der Waals surface area contributed by atoms with Gasteiger partial charge in [0.1, 0.15) is 0 Å². The van der Waals surface area contributed by atoms with E-state index in [0.717, 1.165) is 26.2 Å². The number of hydrazone groups is 1. The molecule has 1 saturated heterocycles. The Morgan fingerprint density at radius 2 is 1.33 bits per heavy atom. The molecule has 0 aromatic heterocycles. The van der Waals surface area contributed by atoms with E-state index >= 15 is 0 Å². The van der Waals surface area contributed by atoms with Crippen molar-refractivity contribution in [2.24, 2.45) is 5.10 Å². The van der Waals surface area contributed by atoms with Crippen molar-refractivity contribution in [1.82, 2.24) is 9.91 Å². The average molecular weight is 394 g/mol. The molecule has 1 aliphatic carbocycles. The van der Waals surface area contributed by atoms with Gasteiger partial charge in [0.15, 0.2) is 0 Å². The van der Waals surface area contributed by atoms with Gasteiger partial charge in [-0.15, -0.1) is 0 Å². The molecular formula is C27H27N3. The normalized spacial score (nSPS) is 17.4. The second-order valence-corrected chi connectivity index (χ2v) is 8.11. The van der Waals surface area contributed by atoms with Crippen molar-refractivity contribution in [1.29, 1.82) is 0 Å². The third-order valence-corrected chi connectivity index (χ3v) is 6.08. The van der Waals surface area contributed by atoms with Gasteiger partial charge in [0.25, 0.3) is 0 Å². The predicted octanol–water partition coefficient (Wildman–Crippen LogP) is 5.46. The lowest BCUT2D eigenvalue weighted by molar-refractivity contribution is 0.114. The Balaban J connectivity index is 1.27. The van der Waals surface area contributed by atoms with E-state index in [1.165, 1.54) is 33.4 Å². The summed E-state index contributed by atoms with van der Waals surface area (Å²) in [5, 5.41) is 6.94. The summed E-state index contributed by atoms with van der Waals surface area (Å²) in [6, 6.07) is 28.5. The van der Waals surface area contributed by atoms with Gasteiger partial charge in [0.2, 0.25) is 0 Å². The quantitative estimate of drug-likeness (QED) is 0.548. The van der Waals surface area contributed by atoms with Gasteiger partial charge in [-0.2, -0.15) is 5.10 Å². The maximum absolute atomic E-state index is 4.74. The Kier molecular flexibility index (Phi) is 5.20. The van der Waals surface area contributed by atoms with Crippen molar-refractivity contribution >= 4 is 12.3 Å². The first-order valence-corrected chi connectivity index (χ1v) is 10.7. The fraction of sp³-hybridized carbons (Fsp3) is 0.222. The van der Waals surface area contributed by atoms with Crippen LogP contribution in [0.5, 0.6) is 0 Å². The molecule has 3 aromatic carbocycles. The highest BCUT2D eigenvalue weighted by molar-refractivity contribution is 5.84. The molecule has 1 fully saturated rings. The Morgan fingerprint density at radius 1 is 0.767 bits per heavy atom. The molecule has 0 N–H and O–H groups in total. The Hall–Kier alpha value is -3.17. The van der Waals surface area contributed by atoms with E-state index < -0.39 is 0 Å². The summed E-state index contributed by atoms with van der Waals surface area (Å²) >= 11 is 0. The fourth-order valence-electron chi connectivity index (χ4n) is 4.63. The Morgan fingerprint density at radius 3 is 1.97 bits per heavy atom. The van der Waals surface area contributed by atoms with Gasteiger partial charge in [-0.3, -0.25) is 9.91 Å². The number of allylic oxidation sites excluding steroid dienone is 1. The first kappa shape index (κ1) is 18.8. The van der Waals surface area contributed by atoms with E-state index in [-0.39, 0.29) is 0 Å². The third kappa shape index (κ3) is 3.69. The third-order valence-electron chi connectivity index (χ3n) is 6.08. The van der Waals surface area contributed by atoms with Crippen LogP contribution in [0.25, 0.3) is 17.2 Å². The van der Waals surface area contributed by atoms with Gasteiger partial charge in [0.05, 0.1) is 6.04 Å². The molecule has 0 amide bonds. The molecule has 3 heteroatoms. The minimum atomic E-state index is 0.364. The molecule has 0 unspecified atom stereocenters. The molecule has 3 nitrogen and oxygen atoms in total. The van der Waals surface area contributed by atoms with Gasteiger partial charge in [-0.05, 0) is 40.3 Å². The topological polar surface area (TPSA) is 18.8 Å². The van der Waals surface area contributed by atoms with Crippen LogP contribution in [0.1, 0.15) is 29.7 Å². The van der Waals surface area contributed by atoms with Crippen molar-refractivity contribution in [2.45, 2.75) is 13.0 Å². The molecule has 2 aliphatic rings. The van der Waals surface area contributed by atoms with Crippen molar-refractivity contribution in [3.05, 3.63) is 101 Å². The summed E-state index contributed by atoms with van der Waals surface area (Å²) in [5.74, 6) is 0. The molecule has 0 saturated carbocycles. The van der Waals surface area contributed by atoms with E-state index in [2.05, 4.69) is 95.7 Å². The number of rotatable bonds is 4. The van der Waals surface area contributed by atoms with Crippen LogP contribution in [0.4, 0.5) is 0 Å². The van der Waals surface area contributed by atoms with Crippen LogP contribution >= 0.6 is 0 Å². The lowest BCUT2D eigenvalue weighted by Gasteiger charge is -2.37. The van der Waals surface area contributed by atoms with E-state index in [1.807, 2.05) is 12.3 Å². The van der Waals surface area contributed by atoms with Crippen molar-refractivity contribution < 1.29 is 0 Å². The van der Waals surface area contributed by atoms with Crippen molar-refractivity contribution in [3.8, 4) is 11.1 Å². The smallest absolute Gasteiger partial charge is 0.0615 e. The monoisotopic (exact) mass is 393 g/mol. The molecule has 1 aliphatic heterocycles. The van der Waals surface area contributed by atoms with Gasteiger partial charge in [-0.25, -0.2) is 0 Å². The highest BCUT2D eigenvalue weighted by Crippen LogP contribution is 2.46. The van der Waals surface area contributed by atoms with Gasteiger partial charge < -0.3 is 0 Å². The maximum Gasteiger partial charge on any atom is 0.0615 e. The number of hydrogen-bond donors (Lipinski definition) is 0. The SMILES string of the molecule is C/C(C=NN1CCN(C2c3ccccc3-c3ccccc32)CC1)=C\c1ccccc1. The van der Waals surface area contributed by atoms with Crippen LogP contribution in [0, 0.1) is 0 Å². The second-order valence-electron chi connectivity index (χ2n) is 8.11. The molecule has 0 bridgehead atoms. The van der Waals surface area contributed by atoms with Crippen LogP contribution in [0.3, 0.4) is 0 Å². The fourth-order valence-corrected chi connectivity index (χ4v) is 4.63. The number of nitrogens with zero attached hydrogens (tertiary/aromatic N) is 3. The molecule has 150 valence electrons. The predicted molar refractivity (Wildman–Crippen MR) is 125 cm³/mol. The summed E-state index contributed by atoms with van der Waals surface area (Å²) in [7, 11) is 0. The molecule has 0 radical (unpaired) electrons. The van der Waals surface area contributed by atoms with Crippen LogP contribution < -0.4 is 0 Å². The minimum Gasteiger partial charge on any atom is -0.294 e. The molecule has 0 atom stereocenters. The van der Waals surface area contributed by atoms with Gasteiger partial charge >= 0.3 is 0 Å². The lowest BCUT2D eigenvalue weighted by atomic mass is 10.0. The first-order valence-electron chi connectivity index (χ1n) is 10.7. The molecule has 3 aromatic rings. The van der Waals surface area contributed by atoms with Crippen LogP contribution in [0.2, 0.25) is 0 Å². The molecular weight excluding hydrogens is 366 g/mol. The van der Waals surface area contributed by atoms with Gasteiger partial charge in [-0.1, -0.05) is 84.9 Å². The summed E-state index contributed by atoms with van der Waals surface area (Å²) < 4.78 is 0. The van der Waals surface area contributed by atoms with Crippen molar-refractivity contribution in [2.75, 3.05) is 26.2 Å². The van der Waals surface area contributed by atoms with E-state index in [1.54, 1.807) is 0 Å². The standard InChI is InChI=1S/C27H27N3/c1-21(19-22-9-3-2-4-10-22)20-28-30-17-15-29(16-18-30)27-25-13-7-5-11-23(25)24-12-6-8-14-26(24)27/h2-14,19-20,27H,15-18H2,1H3/b21-19+,28-20?. The van der Waals surface area contributed by atoms with E-state index in [0.29, 0.717) is 6.04 Å². The largest absolute Gasteiger partial charge is 0.294 e. The lowest BCUT2D eigenvalue weighted by Crippen LogP contribution is -2.45. The van der Waals surface area contributed by atoms with Crippen LogP contribution in [0.15, 0.2) is 89.5 Å². The molecule has 1 heterocycles. The van der Waals surface area contributed by atoms with Gasteiger partial charge in [0, 0.05) is 32.4 Å². The zero-order chi connectivity index (χ0) is 20.3. The first-order chi connectivity index (χ1) is 14.8. The minimum absolute atomic E-state index is 0.364. The summed E-state index contributed by atoms with van der Waals surface area (Å²) in [5.41, 5.74) is 8.04. The molecule has 30 heavy (non-hydrogen) atoms. The molecule has 5 rings (SSSR count). The van der Waals surface area contributed by atoms with E-state index in [9.17, 15) is 0 Å². The number of benzene rings is 3. The van der Waals surface area contributed by atoms with Crippen molar-refractivity contribution in [3.63, 3.8) is 0 Å². The highest BCUT2D eigenvalue weighted by atomic mass is 15.5. The number of piperazine rings is 1. The second kappa shape index (κ2) is 8.29. The molecule has 0 spiro atoms. The summed E-state index contributed by atoms with van der Waals surface area (Å²) in [4.78, 5) is 2.61. The summed E-state index contributed by atoms with van der Waals surface area (Å²) in [6.07, 6.45) is 4.16. The maximum atomic E-state index is 4.74. The Labute approximate surface area is 179 Å². The number of hydrogen-bond acceptors (Lipinski definition) is 3. The van der Waals surface area contributed by atoms with Crippen LogP contribution in [-0.4, -0.2) is 42.3 Å².